The standard InChI is InChI=1S/C26H16Cl6S/c27-17-5-1-15(2-6-17)25(21-11-9-19(29)13-23(21)31)33-26(16-3-7-18(28)8-4-16)22-12-10-20(30)14-24(22)32/h1-14,25-26H. The molecule has 0 saturated carbocycles. The Kier molecular flexibility index (Phi) is 8.46. The molecule has 0 bridgehead atoms. The molecule has 0 nitrogen and oxygen atoms in total. The lowest BCUT2D eigenvalue weighted by molar-refractivity contribution is 1.10. The second-order valence-electron chi connectivity index (χ2n) is 7.33. The van der Waals surface area contributed by atoms with E-state index in [4.69, 9.17) is 69.6 Å². The first-order chi connectivity index (χ1) is 15.8. The summed E-state index contributed by atoms with van der Waals surface area (Å²) in [5, 5.41) is 3.43. The summed E-state index contributed by atoms with van der Waals surface area (Å²) in [6.07, 6.45) is 0. The van der Waals surface area contributed by atoms with Crippen molar-refractivity contribution in [1.82, 2.24) is 0 Å². The van der Waals surface area contributed by atoms with Gasteiger partial charge < -0.3 is 0 Å². The molecule has 0 saturated heterocycles. The van der Waals surface area contributed by atoms with Crippen LogP contribution in [-0.2, 0) is 0 Å². The van der Waals surface area contributed by atoms with E-state index in [1.54, 1.807) is 23.9 Å². The molecule has 0 aromatic heterocycles. The maximum atomic E-state index is 6.67. The van der Waals surface area contributed by atoms with Gasteiger partial charge in [-0.25, -0.2) is 0 Å². The molecule has 0 heterocycles. The van der Waals surface area contributed by atoms with Gasteiger partial charge in [0, 0.05) is 30.1 Å². The fourth-order valence-corrected chi connectivity index (χ4v) is 6.52. The topological polar surface area (TPSA) is 0 Å². The van der Waals surface area contributed by atoms with Gasteiger partial charge in [0.25, 0.3) is 0 Å². The fraction of sp³-hybridized carbons (Fsp3) is 0.0769. The summed E-state index contributed by atoms with van der Waals surface area (Å²) in [6, 6.07) is 26.7. The van der Waals surface area contributed by atoms with Gasteiger partial charge in [-0.15, -0.1) is 11.8 Å². The Balaban J connectivity index is 1.86. The lowest BCUT2D eigenvalue weighted by atomic mass is 10.0. The van der Waals surface area contributed by atoms with Crippen LogP contribution >= 0.6 is 81.4 Å². The van der Waals surface area contributed by atoms with Crippen LogP contribution in [0.15, 0.2) is 84.9 Å². The van der Waals surface area contributed by atoms with Crippen LogP contribution < -0.4 is 0 Å². The van der Waals surface area contributed by atoms with Crippen LogP contribution in [0.4, 0.5) is 0 Å². The van der Waals surface area contributed by atoms with E-state index in [0.717, 1.165) is 22.3 Å². The summed E-state index contributed by atoms with van der Waals surface area (Å²) in [5.41, 5.74) is 3.99. The summed E-state index contributed by atoms with van der Waals surface area (Å²) in [7, 11) is 0. The van der Waals surface area contributed by atoms with E-state index >= 15 is 0 Å². The molecule has 33 heavy (non-hydrogen) atoms. The van der Waals surface area contributed by atoms with Crippen LogP contribution in [0.2, 0.25) is 30.1 Å². The molecule has 4 rings (SSSR count). The smallest absolute Gasteiger partial charge is 0.0570 e. The first-order valence-electron chi connectivity index (χ1n) is 9.88. The highest BCUT2D eigenvalue weighted by Gasteiger charge is 2.26. The number of benzene rings is 4. The lowest BCUT2D eigenvalue weighted by Crippen LogP contribution is -2.05. The molecular formula is C26H16Cl6S. The Labute approximate surface area is 227 Å². The van der Waals surface area contributed by atoms with Gasteiger partial charge in [0.2, 0.25) is 0 Å². The van der Waals surface area contributed by atoms with Crippen LogP contribution in [-0.4, -0.2) is 0 Å². The van der Waals surface area contributed by atoms with Crippen molar-refractivity contribution in [2.45, 2.75) is 10.5 Å². The Bertz CT molecular complexity index is 1160. The Morgan fingerprint density at radius 3 is 1.09 bits per heavy atom. The van der Waals surface area contributed by atoms with Crippen molar-refractivity contribution in [2.24, 2.45) is 0 Å². The van der Waals surface area contributed by atoms with Crippen LogP contribution in [0.3, 0.4) is 0 Å². The highest BCUT2D eigenvalue weighted by atomic mass is 35.5. The van der Waals surface area contributed by atoms with Crippen molar-refractivity contribution < 1.29 is 0 Å². The molecule has 0 N–H and O–H groups in total. The van der Waals surface area contributed by atoms with Gasteiger partial charge in [-0.1, -0.05) is 106 Å². The van der Waals surface area contributed by atoms with Crippen molar-refractivity contribution in [2.75, 3.05) is 0 Å². The summed E-state index contributed by atoms with van der Waals surface area (Å²) in [6.45, 7) is 0. The number of thioether (sulfide) groups is 1. The van der Waals surface area contributed by atoms with E-state index in [0.29, 0.717) is 30.1 Å². The molecule has 2 atom stereocenters. The van der Waals surface area contributed by atoms with E-state index in [2.05, 4.69) is 0 Å². The van der Waals surface area contributed by atoms with Gasteiger partial charge in [-0.2, -0.15) is 0 Å². The number of halogens is 6. The molecule has 4 aromatic rings. The second-order valence-corrected chi connectivity index (χ2v) is 11.1. The predicted octanol–water partition coefficient (Wildman–Crippen LogP) is 11.2. The molecule has 2 unspecified atom stereocenters. The molecule has 0 amide bonds. The van der Waals surface area contributed by atoms with Gasteiger partial charge >= 0.3 is 0 Å². The van der Waals surface area contributed by atoms with E-state index < -0.39 is 0 Å². The highest BCUT2D eigenvalue weighted by Crippen LogP contribution is 2.51. The monoisotopic (exact) mass is 570 g/mol. The first-order valence-corrected chi connectivity index (χ1v) is 13.1. The van der Waals surface area contributed by atoms with Crippen molar-refractivity contribution in [3.05, 3.63) is 137 Å². The third-order valence-corrected chi connectivity index (χ3v) is 8.33. The fourth-order valence-electron chi connectivity index (χ4n) is 3.50. The summed E-state index contributed by atoms with van der Waals surface area (Å²) in [4.78, 5) is 0. The Morgan fingerprint density at radius 1 is 0.424 bits per heavy atom. The minimum Gasteiger partial charge on any atom is -0.136 e. The average Bonchev–Trinajstić information content (AvgIpc) is 2.78. The largest absolute Gasteiger partial charge is 0.136 e. The zero-order chi connectivity index (χ0) is 23.5. The maximum Gasteiger partial charge on any atom is 0.0570 e. The Hall–Kier alpha value is -1.03. The molecule has 0 aliphatic rings. The molecule has 0 radical (unpaired) electrons. The first kappa shape index (κ1) is 25.1. The van der Waals surface area contributed by atoms with Crippen molar-refractivity contribution >= 4 is 81.4 Å². The molecule has 0 fully saturated rings. The minimum absolute atomic E-state index is 0.126. The van der Waals surface area contributed by atoms with Gasteiger partial charge in [0.05, 0.1) is 10.5 Å². The van der Waals surface area contributed by atoms with E-state index in [-0.39, 0.29) is 10.5 Å². The van der Waals surface area contributed by atoms with Gasteiger partial charge in [-0.05, 0) is 70.8 Å². The van der Waals surface area contributed by atoms with Crippen LogP contribution in [0, 0.1) is 0 Å². The zero-order valence-electron chi connectivity index (χ0n) is 16.9. The minimum atomic E-state index is -0.126. The summed E-state index contributed by atoms with van der Waals surface area (Å²) in [5.74, 6) is 0. The van der Waals surface area contributed by atoms with Gasteiger partial charge in [0.1, 0.15) is 0 Å². The highest BCUT2D eigenvalue weighted by molar-refractivity contribution is 8.00. The molecule has 4 aromatic carbocycles. The maximum absolute atomic E-state index is 6.67. The van der Waals surface area contributed by atoms with Crippen LogP contribution in [0.1, 0.15) is 32.8 Å². The molecule has 0 aliphatic carbocycles. The number of hydrogen-bond donors (Lipinski definition) is 0. The molecular weight excluding hydrogens is 557 g/mol. The third kappa shape index (κ3) is 6.16. The van der Waals surface area contributed by atoms with E-state index in [9.17, 15) is 0 Å². The van der Waals surface area contributed by atoms with E-state index in [1.807, 2.05) is 72.8 Å². The zero-order valence-corrected chi connectivity index (χ0v) is 22.3. The Morgan fingerprint density at radius 2 is 0.758 bits per heavy atom. The quantitative estimate of drug-likeness (QED) is 0.221. The normalized spacial score (nSPS) is 13.0. The summed E-state index contributed by atoms with van der Waals surface area (Å²) >= 11 is 39.8. The number of hydrogen-bond acceptors (Lipinski definition) is 1. The molecule has 168 valence electrons. The molecule has 0 aliphatic heterocycles. The lowest BCUT2D eigenvalue weighted by Gasteiger charge is -2.27. The SMILES string of the molecule is Clc1ccc(C(SC(c2ccc(Cl)cc2)c2ccc(Cl)cc2Cl)c2ccc(Cl)cc2Cl)cc1. The van der Waals surface area contributed by atoms with Crippen molar-refractivity contribution in [1.29, 1.82) is 0 Å². The predicted molar refractivity (Wildman–Crippen MR) is 147 cm³/mol. The average molecular weight is 573 g/mol. The van der Waals surface area contributed by atoms with Crippen molar-refractivity contribution in [3.63, 3.8) is 0 Å². The van der Waals surface area contributed by atoms with Gasteiger partial charge in [0.15, 0.2) is 0 Å². The van der Waals surface area contributed by atoms with Gasteiger partial charge in [-0.3, -0.25) is 0 Å². The van der Waals surface area contributed by atoms with Crippen molar-refractivity contribution in [3.8, 4) is 0 Å². The van der Waals surface area contributed by atoms with E-state index in [1.165, 1.54) is 0 Å². The summed E-state index contributed by atoms with van der Waals surface area (Å²) < 4.78 is 0. The second kappa shape index (κ2) is 11.1. The van der Waals surface area contributed by atoms with Crippen LogP contribution in [0.5, 0.6) is 0 Å². The molecule has 0 spiro atoms. The molecule has 7 heteroatoms. The number of rotatable bonds is 6. The third-order valence-electron chi connectivity index (χ3n) is 5.11. The van der Waals surface area contributed by atoms with Crippen LogP contribution in [0.25, 0.3) is 0 Å².